The van der Waals surface area contributed by atoms with E-state index >= 15 is 0 Å². The Labute approximate surface area is 133 Å². The van der Waals surface area contributed by atoms with Crippen LogP contribution in [0, 0.1) is 6.92 Å². The normalized spacial score (nSPS) is 10.6. The Bertz CT molecular complexity index is 843. The third-order valence-corrected chi connectivity index (χ3v) is 4.15. The molecule has 0 spiro atoms. The first kappa shape index (κ1) is 14.5. The number of pyridine rings is 2. The molecule has 0 aliphatic heterocycles. The fourth-order valence-corrected chi connectivity index (χ4v) is 2.79. The Morgan fingerprint density at radius 3 is 2.77 bits per heavy atom. The zero-order valence-corrected chi connectivity index (χ0v) is 13.1. The number of nitrogens with zero attached hydrogens (tertiary/aromatic N) is 2. The second kappa shape index (κ2) is 6.15. The molecule has 0 bridgehead atoms. The molecule has 3 rings (SSSR count). The third kappa shape index (κ3) is 2.80. The molecule has 110 valence electrons. The molecular formula is C17H15N3OS. The van der Waals surface area contributed by atoms with Crippen molar-refractivity contribution in [2.45, 2.75) is 11.8 Å². The number of fused-ring (bicyclic) bond motifs is 1. The summed E-state index contributed by atoms with van der Waals surface area (Å²) in [5.74, 6) is -0.136. The number of rotatable bonds is 3. The summed E-state index contributed by atoms with van der Waals surface area (Å²) in [7, 11) is 0. The van der Waals surface area contributed by atoms with Gasteiger partial charge in [0.1, 0.15) is 5.52 Å². The molecule has 0 radical (unpaired) electrons. The van der Waals surface area contributed by atoms with Crippen molar-refractivity contribution in [1.82, 2.24) is 9.97 Å². The highest BCUT2D eigenvalue weighted by Crippen LogP contribution is 2.22. The van der Waals surface area contributed by atoms with Crippen LogP contribution in [-0.2, 0) is 0 Å². The monoisotopic (exact) mass is 309 g/mol. The van der Waals surface area contributed by atoms with Gasteiger partial charge < -0.3 is 5.32 Å². The zero-order chi connectivity index (χ0) is 15.5. The second-order valence-electron chi connectivity index (χ2n) is 4.86. The second-order valence-corrected chi connectivity index (χ2v) is 5.74. The molecule has 5 heteroatoms. The molecule has 4 nitrogen and oxygen atoms in total. The van der Waals surface area contributed by atoms with Gasteiger partial charge in [-0.1, -0.05) is 0 Å². The van der Waals surface area contributed by atoms with Crippen LogP contribution in [0.15, 0.2) is 53.7 Å². The first-order valence-corrected chi connectivity index (χ1v) is 8.07. The number of hydrogen-bond acceptors (Lipinski definition) is 4. The third-order valence-electron chi connectivity index (χ3n) is 3.42. The average Bonchev–Trinajstić information content (AvgIpc) is 2.55. The number of anilines is 1. The number of aromatic nitrogens is 2. The minimum atomic E-state index is -0.136. The predicted octanol–water partition coefficient (Wildman–Crippen LogP) is 3.91. The van der Waals surface area contributed by atoms with E-state index in [0.29, 0.717) is 16.8 Å². The number of aryl methyl sites for hydroxylation is 1. The molecule has 0 aliphatic rings. The lowest BCUT2D eigenvalue weighted by molar-refractivity contribution is 0.102. The predicted molar refractivity (Wildman–Crippen MR) is 90.5 cm³/mol. The van der Waals surface area contributed by atoms with Crippen molar-refractivity contribution in [3.63, 3.8) is 0 Å². The van der Waals surface area contributed by atoms with Crippen LogP contribution < -0.4 is 5.32 Å². The topological polar surface area (TPSA) is 54.9 Å². The van der Waals surface area contributed by atoms with Gasteiger partial charge in [0.25, 0.3) is 5.91 Å². The van der Waals surface area contributed by atoms with Crippen molar-refractivity contribution in [2.75, 3.05) is 11.6 Å². The van der Waals surface area contributed by atoms with E-state index in [9.17, 15) is 4.79 Å². The highest BCUT2D eigenvalue weighted by molar-refractivity contribution is 7.98. The zero-order valence-electron chi connectivity index (χ0n) is 12.3. The minimum Gasteiger partial charge on any atom is -0.320 e. The SMILES string of the molecule is CSc1ccc(C(=O)Nc2ccnc3cccnc23)c(C)c1. The van der Waals surface area contributed by atoms with Gasteiger partial charge in [0.05, 0.1) is 11.2 Å². The van der Waals surface area contributed by atoms with Crippen LogP contribution in [0.1, 0.15) is 15.9 Å². The van der Waals surface area contributed by atoms with Crippen LogP contribution in [0.5, 0.6) is 0 Å². The van der Waals surface area contributed by atoms with Crippen molar-refractivity contribution in [1.29, 1.82) is 0 Å². The summed E-state index contributed by atoms with van der Waals surface area (Å²) in [5, 5.41) is 2.93. The maximum atomic E-state index is 12.5. The first-order valence-electron chi connectivity index (χ1n) is 6.85. The van der Waals surface area contributed by atoms with E-state index < -0.39 is 0 Å². The van der Waals surface area contributed by atoms with Gasteiger partial charge >= 0.3 is 0 Å². The number of amides is 1. The standard InChI is InChI=1S/C17H15N3OS/c1-11-10-12(22-2)5-6-13(11)17(21)20-15-7-9-18-14-4-3-8-19-16(14)15/h3-10H,1-2H3,(H,18,20,21). The maximum Gasteiger partial charge on any atom is 0.255 e. The number of nitrogens with one attached hydrogen (secondary N) is 1. The summed E-state index contributed by atoms with van der Waals surface area (Å²) in [6.45, 7) is 1.94. The number of carbonyl (C=O) groups is 1. The van der Waals surface area contributed by atoms with E-state index in [4.69, 9.17) is 0 Å². The Morgan fingerprint density at radius 1 is 1.14 bits per heavy atom. The fraction of sp³-hybridized carbons (Fsp3) is 0.118. The van der Waals surface area contributed by atoms with E-state index in [-0.39, 0.29) is 5.91 Å². The minimum absolute atomic E-state index is 0.136. The molecule has 1 N–H and O–H groups in total. The van der Waals surface area contributed by atoms with Gasteiger partial charge in [-0.15, -0.1) is 11.8 Å². The van der Waals surface area contributed by atoms with Gasteiger partial charge in [-0.25, -0.2) is 0 Å². The molecular weight excluding hydrogens is 294 g/mol. The molecule has 1 amide bonds. The lowest BCUT2D eigenvalue weighted by Gasteiger charge is -2.10. The molecule has 0 saturated heterocycles. The summed E-state index contributed by atoms with van der Waals surface area (Å²) in [6.07, 6.45) is 5.38. The van der Waals surface area contributed by atoms with E-state index in [2.05, 4.69) is 15.3 Å². The molecule has 0 unspecified atom stereocenters. The Morgan fingerprint density at radius 2 is 2.00 bits per heavy atom. The van der Waals surface area contributed by atoms with Crippen LogP contribution in [0.2, 0.25) is 0 Å². The van der Waals surface area contributed by atoms with Crippen LogP contribution in [0.3, 0.4) is 0 Å². The maximum absolute atomic E-state index is 12.5. The van der Waals surface area contributed by atoms with Crippen molar-refractivity contribution in [3.05, 3.63) is 59.9 Å². The lowest BCUT2D eigenvalue weighted by atomic mass is 10.1. The highest BCUT2D eigenvalue weighted by atomic mass is 32.2. The van der Waals surface area contributed by atoms with Gasteiger partial charge in [-0.3, -0.25) is 14.8 Å². The number of thioether (sulfide) groups is 1. The van der Waals surface area contributed by atoms with Crippen LogP contribution in [0.25, 0.3) is 11.0 Å². The summed E-state index contributed by atoms with van der Waals surface area (Å²) < 4.78 is 0. The molecule has 2 aromatic heterocycles. The molecule has 0 atom stereocenters. The van der Waals surface area contributed by atoms with Crippen LogP contribution >= 0.6 is 11.8 Å². The molecule has 0 saturated carbocycles. The van der Waals surface area contributed by atoms with Crippen molar-refractivity contribution >= 4 is 34.4 Å². The van der Waals surface area contributed by atoms with Gasteiger partial charge in [0.15, 0.2) is 0 Å². The Balaban J connectivity index is 1.93. The summed E-state index contributed by atoms with van der Waals surface area (Å²) in [6, 6.07) is 11.3. The van der Waals surface area contributed by atoms with Crippen molar-refractivity contribution in [3.8, 4) is 0 Å². The number of carbonyl (C=O) groups excluding carboxylic acids is 1. The van der Waals surface area contributed by atoms with Gasteiger partial charge in [0, 0.05) is 22.9 Å². The summed E-state index contributed by atoms with van der Waals surface area (Å²) in [5.41, 5.74) is 3.74. The van der Waals surface area contributed by atoms with Gasteiger partial charge in [0.2, 0.25) is 0 Å². The first-order chi connectivity index (χ1) is 10.7. The van der Waals surface area contributed by atoms with Gasteiger partial charge in [-0.05, 0) is 55.1 Å². The summed E-state index contributed by atoms with van der Waals surface area (Å²) >= 11 is 1.66. The van der Waals surface area contributed by atoms with E-state index in [1.165, 1.54) is 0 Å². The van der Waals surface area contributed by atoms with Crippen molar-refractivity contribution in [2.24, 2.45) is 0 Å². The fourth-order valence-electron chi connectivity index (χ4n) is 2.29. The summed E-state index contributed by atoms with van der Waals surface area (Å²) in [4.78, 5) is 22.2. The average molecular weight is 309 g/mol. The van der Waals surface area contributed by atoms with Crippen molar-refractivity contribution < 1.29 is 4.79 Å². The molecule has 3 aromatic rings. The molecule has 1 aromatic carbocycles. The van der Waals surface area contributed by atoms with Crippen LogP contribution in [-0.4, -0.2) is 22.1 Å². The molecule has 0 aliphatic carbocycles. The largest absolute Gasteiger partial charge is 0.320 e. The van der Waals surface area contributed by atoms with E-state index in [1.807, 2.05) is 43.5 Å². The van der Waals surface area contributed by atoms with Crippen LogP contribution in [0.4, 0.5) is 5.69 Å². The lowest BCUT2D eigenvalue weighted by Crippen LogP contribution is -2.14. The number of benzene rings is 1. The van der Waals surface area contributed by atoms with E-state index in [0.717, 1.165) is 16.0 Å². The molecule has 0 fully saturated rings. The Kier molecular flexibility index (Phi) is 4.06. The highest BCUT2D eigenvalue weighted by Gasteiger charge is 2.12. The molecule has 22 heavy (non-hydrogen) atoms. The quantitative estimate of drug-likeness (QED) is 0.745. The van der Waals surface area contributed by atoms with E-state index in [1.54, 1.807) is 30.2 Å². The molecule has 2 heterocycles. The van der Waals surface area contributed by atoms with Gasteiger partial charge in [-0.2, -0.15) is 0 Å². The number of hydrogen-bond donors (Lipinski definition) is 1. The Hall–Kier alpha value is -2.40. The smallest absolute Gasteiger partial charge is 0.255 e.